The van der Waals surface area contributed by atoms with Gasteiger partial charge in [0, 0.05) is 44.1 Å². The molecule has 0 aromatic heterocycles. The van der Waals surface area contributed by atoms with Crippen LogP contribution in [0.25, 0.3) is 11.1 Å². The van der Waals surface area contributed by atoms with Crippen molar-refractivity contribution in [2.75, 3.05) is 44.8 Å². The number of benzene rings is 2. The van der Waals surface area contributed by atoms with E-state index >= 15 is 0 Å². The van der Waals surface area contributed by atoms with Crippen LogP contribution in [0.3, 0.4) is 0 Å². The van der Waals surface area contributed by atoms with Crippen molar-refractivity contribution < 1.29 is 14.6 Å². The van der Waals surface area contributed by atoms with Crippen molar-refractivity contribution in [3.63, 3.8) is 0 Å². The number of carbonyl (C=O) groups is 1. The molecule has 1 saturated carbocycles. The molecular formula is C35H45N4O3-. The van der Waals surface area contributed by atoms with Gasteiger partial charge in [-0.05, 0) is 96.7 Å². The molecule has 0 unspecified atom stereocenters. The summed E-state index contributed by atoms with van der Waals surface area (Å²) < 4.78 is 5.50. The van der Waals surface area contributed by atoms with Gasteiger partial charge in [-0.15, -0.1) is 0 Å². The molecule has 0 bridgehead atoms. The Bertz CT molecular complexity index is 1360. The Morgan fingerprint density at radius 3 is 2.48 bits per heavy atom. The molecule has 5 rings (SSSR count). The number of anilines is 1. The minimum atomic E-state index is -0.234. The van der Waals surface area contributed by atoms with Crippen LogP contribution < -0.4 is 15.3 Å². The third kappa shape index (κ3) is 7.31. The van der Waals surface area contributed by atoms with Crippen molar-refractivity contribution in [2.24, 2.45) is 4.99 Å². The van der Waals surface area contributed by atoms with Gasteiger partial charge < -0.3 is 20.1 Å². The second kappa shape index (κ2) is 13.7. The lowest BCUT2D eigenvalue weighted by Gasteiger charge is -2.35. The molecule has 42 heavy (non-hydrogen) atoms. The molecule has 7 heteroatoms. The second-order valence-corrected chi connectivity index (χ2v) is 12.1. The van der Waals surface area contributed by atoms with Gasteiger partial charge in [0.1, 0.15) is 0 Å². The van der Waals surface area contributed by atoms with Gasteiger partial charge in [-0.25, -0.2) is 0 Å². The van der Waals surface area contributed by atoms with E-state index < -0.39 is 0 Å². The average Bonchev–Trinajstić information content (AvgIpc) is 3.12. The number of morpholine rings is 1. The molecule has 1 aliphatic carbocycles. The standard InChI is InChI=1S/C35H46N4O3/c1-24-18-25(2)37-34(40)21-30(24)22-36-35(41)32-19-29(20-33(26(32)3)38(4)31-8-6-5-7-9-31)28-12-10-27(11-13-28)23-39-14-16-42-17-15-39/h10-13,18-20,31H,5-9,14-17,21-23H2,1-4H3,(H,36,41)(H,37,40)/p-1. The number of hydrogen-bond acceptors (Lipinski definition) is 6. The predicted molar refractivity (Wildman–Crippen MR) is 169 cm³/mol. The maximum absolute atomic E-state index is 13.7. The molecule has 1 N–H and O–H groups in total. The molecule has 7 nitrogen and oxygen atoms in total. The molecule has 2 heterocycles. The van der Waals surface area contributed by atoms with Gasteiger partial charge in [0.25, 0.3) is 0 Å². The first-order valence-corrected chi connectivity index (χ1v) is 15.4. The van der Waals surface area contributed by atoms with Crippen molar-refractivity contribution in [1.82, 2.24) is 10.2 Å². The van der Waals surface area contributed by atoms with E-state index in [1.165, 1.54) is 37.7 Å². The summed E-state index contributed by atoms with van der Waals surface area (Å²) in [6, 6.07) is 13.4. The van der Waals surface area contributed by atoms with Crippen LogP contribution in [-0.4, -0.2) is 62.6 Å². The molecule has 224 valence electrons. The number of rotatable bonds is 8. The van der Waals surface area contributed by atoms with Crippen LogP contribution >= 0.6 is 0 Å². The van der Waals surface area contributed by atoms with Crippen molar-refractivity contribution in [3.05, 3.63) is 76.0 Å². The van der Waals surface area contributed by atoms with Gasteiger partial charge in [0.2, 0.25) is 5.91 Å². The van der Waals surface area contributed by atoms with Gasteiger partial charge in [-0.1, -0.05) is 43.5 Å². The number of hydrogen-bond donors (Lipinski definition) is 1. The lowest BCUT2D eigenvalue weighted by Crippen LogP contribution is -2.35. The summed E-state index contributed by atoms with van der Waals surface area (Å²) in [4.78, 5) is 21.6. The molecule has 0 radical (unpaired) electrons. The Morgan fingerprint density at radius 2 is 1.76 bits per heavy atom. The number of aliphatic imine (C=N–C) groups is 1. The number of nitrogens with one attached hydrogen (secondary N) is 1. The Hall–Kier alpha value is -3.42. The van der Waals surface area contributed by atoms with E-state index in [9.17, 15) is 9.90 Å². The average molecular weight is 570 g/mol. The first-order valence-electron chi connectivity index (χ1n) is 15.4. The fraction of sp³-hybridized carbons (Fsp3) is 0.486. The monoisotopic (exact) mass is 569 g/mol. The number of nitrogens with zero attached hydrogens (tertiary/aromatic N) is 3. The number of ether oxygens (including phenoxy) is 1. The third-order valence-electron chi connectivity index (χ3n) is 9.02. The van der Waals surface area contributed by atoms with Crippen LogP contribution in [0.15, 0.2) is 64.3 Å². The molecule has 1 saturated heterocycles. The summed E-state index contributed by atoms with van der Waals surface area (Å²) in [5.74, 6) is -0.299. The Morgan fingerprint density at radius 1 is 1.05 bits per heavy atom. The van der Waals surface area contributed by atoms with Crippen molar-refractivity contribution >= 4 is 17.5 Å². The summed E-state index contributed by atoms with van der Waals surface area (Å²) in [6.07, 6.45) is 8.34. The lowest BCUT2D eigenvalue weighted by atomic mass is 9.92. The first kappa shape index (κ1) is 30.1. The minimum Gasteiger partial charge on any atom is -0.858 e. The Balaban J connectivity index is 1.46. The zero-order chi connectivity index (χ0) is 29.6. The molecule has 2 fully saturated rings. The molecule has 2 aliphatic heterocycles. The number of carbonyl (C=O) groups excluding carboxylic acids is 1. The molecule has 2 aromatic carbocycles. The number of allylic oxidation sites excluding steroid dienone is 3. The lowest BCUT2D eigenvalue weighted by molar-refractivity contribution is -0.213. The SMILES string of the molecule is CC1=CC(C)=C(CN=C([O-])c2cc(-c3ccc(CN4CCOCC4)cc3)cc(N(C)C3CCCCC3)c2C)CC(=O)N1. The smallest absolute Gasteiger partial charge is 0.228 e. The fourth-order valence-electron chi connectivity index (χ4n) is 6.43. The predicted octanol–water partition coefficient (Wildman–Crippen LogP) is 5.11. The van der Waals surface area contributed by atoms with Gasteiger partial charge in [0.05, 0.1) is 26.2 Å². The molecule has 2 aromatic rings. The third-order valence-corrected chi connectivity index (χ3v) is 9.02. The highest BCUT2D eigenvalue weighted by Crippen LogP contribution is 2.34. The van der Waals surface area contributed by atoms with Crippen LogP contribution in [0, 0.1) is 6.92 Å². The van der Waals surface area contributed by atoms with Crippen molar-refractivity contribution in [1.29, 1.82) is 0 Å². The van der Waals surface area contributed by atoms with E-state index in [1.807, 2.05) is 32.9 Å². The summed E-state index contributed by atoms with van der Waals surface area (Å²) in [6.45, 7) is 10.5. The van der Waals surface area contributed by atoms with Crippen LogP contribution in [0.4, 0.5) is 5.69 Å². The molecule has 1 amide bonds. The van der Waals surface area contributed by atoms with E-state index in [2.05, 4.69) is 57.5 Å². The van der Waals surface area contributed by atoms with Crippen molar-refractivity contribution in [3.8, 4) is 11.1 Å². The number of amides is 1. The Labute approximate surface area is 251 Å². The van der Waals surface area contributed by atoms with Gasteiger partial charge >= 0.3 is 0 Å². The fourth-order valence-corrected chi connectivity index (χ4v) is 6.43. The van der Waals surface area contributed by atoms with Crippen LogP contribution in [-0.2, 0) is 16.1 Å². The summed E-state index contributed by atoms with van der Waals surface area (Å²) in [5, 5.41) is 16.6. The van der Waals surface area contributed by atoms with Crippen LogP contribution in [0.5, 0.6) is 0 Å². The van der Waals surface area contributed by atoms with Crippen molar-refractivity contribution in [2.45, 2.75) is 71.9 Å². The highest BCUT2D eigenvalue weighted by atomic mass is 16.5. The highest BCUT2D eigenvalue weighted by Gasteiger charge is 2.22. The summed E-state index contributed by atoms with van der Waals surface area (Å²) in [5.41, 5.74) is 8.76. The van der Waals surface area contributed by atoms with Crippen LogP contribution in [0.1, 0.15) is 69.1 Å². The quantitative estimate of drug-likeness (QED) is 0.353. The summed E-state index contributed by atoms with van der Waals surface area (Å²) >= 11 is 0. The maximum atomic E-state index is 13.7. The maximum Gasteiger partial charge on any atom is 0.228 e. The largest absolute Gasteiger partial charge is 0.858 e. The van der Waals surface area contributed by atoms with E-state index in [1.54, 1.807) is 0 Å². The Kier molecular flexibility index (Phi) is 9.80. The van der Waals surface area contributed by atoms with Gasteiger partial charge in [0.15, 0.2) is 0 Å². The van der Waals surface area contributed by atoms with Gasteiger partial charge in [-0.3, -0.25) is 14.7 Å². The van der Waals surface area contributed by atoms with Crippen LogP contribution in [0.2, 0.25) is 0 Å². The molecule has 0 spiro atoms. The zero-order valence-corrected chi connectivity index (χ0v) is 25.7. The molecule has 0 atom stereocenters. The summed E-state index contributed by atoms with van der Waals surface area (Å²) in [7, 11) is 2.17. The highest BCUT2D eigenvalue weighted by molar-refractivity contribution is 5.96. The first-order chi connectivity index (χ1) is 20.3. The molecular weight excluding hydrogens is 524 g/mol. The second-order valence-electron chi connectivity index (χ2n) is 12.1. The molecule has 3 aliphatic rings. The minimum absolute atomic E-state index is 0.0649. The van der Waals surface area contributed by atoms with E-state index in [-0.39, 0.29) is 24.8 Å². The topological polar surface area (TPSA) is 80.2 Å². The van der Waals surface area contributed by atoms with E-state index in [0.717, 1.165) is 72.1 Å². The van der Waals surface area contributed by atoms with E-state index in [4.69, 9.17) is 4.74 Å². The normalized spacial score (nSPS) is 19.4. The zero-order valence-electron chi connectivity index (χ0n) is 25.7. The van der Waals surface area contributed by atoms with Gasteiger partial charge in [-0.2, -0.15) is 0 Å². The van der Waals surface area contributed by atoms with E-state index in [0.29, 0.717) is 11.6 Å².